The van der Waals surface area contributed by atoms with Gasteiger partial charge in [0.2, 0.25) is 0 Å². The Balaban J connectivity index is 2.23. The molecule has 0 spiro atoms. The highest BCUT2D eigenvalue weighted by Crippen LogP contribution is 2.28. The van der Waals surface area contributed by atoms with E-state index in [0.717, 1.165) is 27.2 Å². The molecule has 0 unspecified atom stereocenters. The Labute approximate surface area is 111 Å². The van der Waals surface area contributed by atoms with Crippen molar-refractivity contribution in [2.75, 3.05) is 0 Å². The molecule has 0 aliphatic rings. The minimum absolute atomic E-state index is 0.254. The first-order chi connectivity index (χ1) is 8.65. The lowest BCUT2D eigenvalue weighted by atomic mass is 10.2. The van der Waals surface area contributed by atoms with Gasteiger partial charge in [-0.05, 0) is 47.1 Å². The molecule has 2 heterocycles. The lowest BCUT2D eigenvalue weighted by Crippen LogP contribution is -1.89. The number of rotatable bonds is 1. The third-order valence-corrected chi connectivity index (χ3v) is 3.45. The Bertz CT molecular complexity index is 719. The van der Waals surface area contributed by atoms with Crippen molar-refractivity contribution >= 4 is 21.6 Å². The summed E-state index contributed by atoms with van der Waals surface area (Å²) in [4.78, 5) is 8.69. The molecule has 0 saturated heterocycles. The maximum absolute atomic E-state index is 12.9. The molecule has 18 heavy (non-hydrogen) atoms. The number of hydrogen-bond donors (Lipinski definition) is 0. The molecule has 90 valence electrons. The van der Waals surface area contributed by atoms with Crippen LogP contribution in [0.1, 0.15) is 5.69 Å². The summed E-state index contributed by atoms with van der Waals surface area (Å²) in [6, 6.07) is 6.27. The van der Waals surface area contributed by atoms with Crippen LogP contribution in [-0.4, -0.2) is 14.4 Å². The summed E-state index contributed by atoms with van der Waals surface area (Å²) < 4.78 is 15.7. The van der Waals surface area contributed by atoms with Crippen LogP contribution in [0.2, 0.25) is 0 Å². The minimum atomic E-state index is -0.254. The SMILES string of the molecule is Cc1cn2c(Br)c(-c3ccc(F)cc3)nc2cn1. The first-order valence-electron chi connectivity index (χ1n) is 5.41. The van der Waals surface area contributed by atoms with Crippen LogP contribution in [0, 0.1) is 12.7 Å². The van der Waals surface area contributed by atoms with Crippen LogP contribution in [0.5, 0.6) is 0 Å². The van der Waals surface area contributed by atoms with E-state index < -0.39 is 0 Å². The van der Waals surface area contributed by atoms with E-state index in [-0.39, 0.29) is 5.82 Å². The lowest BCUT2D eigenvalue weighted by Gasteiger charge is -1.98. The predicted octanol–water partition coefficient (Wildman–Crippen LogP) is 3.61. The molecule has 3 nitrogen and oxygen atoms in total. The topological polar surface area (TPSA) is 30.2 Å². The quantitative estimate of drug-likeness (QED) is 0.687. The number of aryl methyl sites for hydroxylation is 1. The molecule has 0 bridgehead atoms. The molecule has 1 aromatic carbocycles. The standard InChI is InChI=1S/C13H9BrFN3/c1-8-7-18-11(6-16-8)17-12(13(18)14)9-2-4-10(15)5-3-9/h2-7H,1H3. The Hall–Kier alpha value is -1.75. The zero-order valence-electron chi connectivity index (χ0n) is 9.56. The number of aromatic nitrogens is 3. The molecule has 0 amide bonds. The van der Waals surface area contributed by atoms with Crippen LogP contribution in [0.15, 0.2) is 41.3 Å². The fourth-order valence-corrected chi connectivity index (χ4v) is 2.42. The van der Waals surface area contributed by atoms with E-state index >= 15 is 0 Å². The fourth-order valence-electron chi connectivity index (χ4n) is 1.81. The smallest absolute Gasteiger partial charge is 0.156 e. The van der Waals surface area contributed by atoms with Gasteiger partial charge in [0.05, 0.1) is 11.9 Å². The number of halogens is 2. The number of hydrogen-bond acceptors (Lipinski definition) is 2. The van der Waals surface area contributed by atoms with Crippen LogP contribution < -0.4 is 0 Å². The largest absolute Gasteiger partial charge is 0.291 e. The maximum Gasteiger partial charge on any atom is 0.156 e. The van der Waals surface area contributed by atoms with E-state index in [0.29, 0.717) is 0 Å². The molecule has 0 aliphatic carbocycles. The molecule has 0 saturated carbocycles. The zero-order valence-corrected chi connectivity index (χ0v) is 11.1. The van der Waals surface area contributed by atoms with E-state index in [9.17, 15) is 4.39 Å². The average Bonchev–Trinajstić information content (AvgIpc) is 2.68. The molecule has 3 aromatic rings. The molecule has 0 N–H and O–H groups in total. The van der Waals surface area contributed by atoms with Gasteiger partial charge in [0, 0.05) is 11.8 Å². The minimum Gasteiger partial charge on any atom is -0.291 e. The number of nitrogens with zero attached hydrogens (tertiary/aromatic N) is 3. The van der Waals surface area contributed by atoms with E-state index in [1.807, 2.05) is 17.5 Å². The van der Waals surface area contributed by atoms with Crippen molar-refractivity contribution in [1.29, 1.82) is 0 Å². The summed E-state index contributed by atoms with van der Waals surface area (Å²) in [5, 5.41) is 0. The van der Waals surface area contributed by atoms with Gasteiger partial charge in [-0.3, -0.25) is 9.38 Å². The van der Waals surface area contributed by atoms with Gasteiger partial charge in [0.1, 0.15) is 16.1 Å². The highest BCUT2D eigenvalue weighted by Gasteiger charge is 2.11. The van der Waals surface area contributed by atoms with Gasteiger partial charge in [-0.1, -0.05) is 0 Å². The van der Waals surface area contributed by atoms with Crippen molar-refractivity contribution in [3.8, 4) is 11.3 Å². The van der Waals surface area contributed by atoms with Crippen LogP contribution in [0.4, 0.5) is 4.39 Å². The fraction of sp³-hybridized carbons (Fsp3) is 0.0769. The third kappa shape index (κ3) is 1.80. The zero-order chi connectivity index (χ0) is 12.7. The van der Waals surface area contributed by atoms with Gasteiger partial charge in [-0.15, -0.1) is 0 Å². The van der Waals surface area contributed by atoms with Crippen LogP contribution >= 0.6 is 15.9 Å². The van der Waals surface area contributed by atoms with Gasteiger partial charge in [0.15, 0.2) is 5.65 Å². The summed E-state index contributed by atoms with van der Waals surface area (Å²) in [6.45, 7) is 1.92. The van der Waals surface area contributed by atoms with Crippen molar-refractivity contribution in [3.05, 3.63) is 52.8 Å². The van der Waals surface area contributed by atoms with Crippen molar-refractivity contribution in [2.24, 2.45) is 0 Å². The molecule has 0 fully saturated rings. The van der Waals surface area contributed by atoms with Crippen molar-refractivity contribution in [2.45, 2.75) is 6.92 Å². The molecule has 0 aliphatic heterocycles. The second-order valence-electron chi connectivity index (χ2n) is 4.01. The first-order valence-corrected chi connectivity index (χ1v) is 6.20. The predicted molar refractivity (Wildman–Crippen MR) is 70.8 cm³/mol. The highest BCUT2D eigenvalue weighted by molar-refractivity contribution is 9.10. The van der Waals surface area contributed by atoms with Crippen molar-refractivity contribution in [1.82, 2.24) is 14.4 Å². The molecule has 0 atom stereocenters. The van der Waals surface area contributed by atoms with Crippen LogP contribution in [0.3, 0.4) is 0 Å². The van der Waals surface area contributed by atoms with Crippen molar-refractivity contribution in [3.63, 3.8) is 0 Å². The van der Waals surface area contributed by atoms with Gasteiger partial charge in [-0.2, -0.15) is 0 Å². The van der Waals surface area contributed by atoms with Crippen LogP contribution in [-0.2, 0) is 0 Å². The van der Waals surface area contributed by atoms with Crippen molar-refractivity contribution < 1.29 is 4.39 Å². The second-order valence-corrected chi connectivity index (χ2v) is 4.77. The maximum atomic E-state index is 12.9. The number of fused-ring (bicyclic) bond motifs is 1. The van der Waals surface area contributed by atoms with E-state index in [2.05, 4.69) is 25.9 Å². The van der Waals surface area contributed by atoms with E-state index in [1.165, 1.54) is 12.1 Å². The summed E-state index contributed by atoms with van der Waals surface area (Å²) >= 11 is 3.52. The summed E-state index contributed by atoms with van der Waals surface area (Å²) in [5.74, 6) is -0.254. The summed E-state index contributed by atoms with van der Waals surface area (Å²) in [7, 11) is 0. The monoisotopic (exact) mass is 305 g/mol. The summed E-state index contributed by atoms with van der Waals surface area (Å²) in [5.41, 5.74) is 3.31. The molecule has 5 heteroatoms. The van der Waals surface area contributed by atoms with Gasteiger partial charge < -0.3 is 0 Å². The Morgan fingerprint density at radius 3 is 2.67 bits per heavy atom. The molecule has 0 radical (unpaired) electrons. The Morgan fingerprint density at radius 2 is 1.94 bits per heavy atom. The highest BCUT2D eigenvalue weighted by atomic mass is 79.9. The molecular formula is C13H9BrFN3. The molecule has 3 rings (SSSR count). The molecule has 2 aromatic heterocycles. The second kappa shape index (κ2) is 4.17. The van der Waals surface area contributed by atoms with Crippen LogP contribution in [0.25, 0.3) is 16.9 Å². The average molecular weight is 306 g/mol. The number of benzene rings is 1. The van der Waals surface area contributed by atoms with E-state index in [1.54, 1.807) is 18.3 Å². The van der Waals surface area contributed by atoms with Gasteiger partial charge >= 0.3 is 0 Å². The third-order valence-electron chi connectivity index (χ3n) is 2.70. The Kier molecular flexibility index (Phi) is 2.63. The Morgan fingerprint density at radius 1 is 1.22 bits per heavy atom. The summed E-state index contributed by atoms with van der Waals surface area (Å²) in [6.07, 6.45) is 3.62. The van der Waals surface area contributed by atoms with E-state index in [4.69, 9.17) is 0 Å². The first kappa shape index (κ1) is 11.3. The normalized spacial score (nSPS) is 11.1. The number of imidazole rings is 1. The van der Waals surface area contributed by atoms with Gasteiger partial charge in [0.25, 0.3) is 0 Å². The molecular weight excluding hydrogens is 297 g/mol. The lowest BCUT2D eigenvalue weighted by molar-refractivity contribution is 0.628. The van der Waals surface area contributed by atoms with Gasteiger partial charge in [-0.25, -0.2) is 9.37 Å².